The predicted molar refractivity (Wildman–Crippen MR) is 75.2 cm³/mol. The minimum absolute atomic E-state index is 0.759. The van der Waals surface area contributed by atoms with E-state index in [0.29, 0.717) is 0 Å². The maximum Gasteiger partial charge on any atom is 0.00671 e. The van der Waals surface area contributed by atoms with Crippen LogP contribution in [0.15, 0.2) is 0 Å². The third-order valence-corrected chi connectivity index (χ3v) is 5.06. The summed E-state index contributed by atoms with van der Waals surface area (Å²) < 4.78 is 0. The molecule has 2 aliphatic rings. The van der Waals surface area contributed by atoms with Crippen LogP contribution in [0.5, 0.6) is 0 Å². The predicted octanol–water partition coefficient (Wildman–Crippen LogP) is 4.52. The molecule has 0 heterocycles. The van der Waals surface area contributed by atoms with Crippen molar-refractivity contribution in [2.45, 2.75) is 83.6 Å². The Bertz CT molecular complexity index is 188. The monoisotopic (exact) mass is 237 g/mol. The Hall–Kier alpha value is -0.0400. The van der Waals surface area contributed by atoms with E-state index in [1.165, 1.54) is 77.2 Å². The van der Waals surface area contributed by atoms with E-state index in [2.05, 4.69) is 12.2 Å². The van der Waals surface area contributed by atoms with Crippen LogP contribution in [0.1, 0.15) is 77.6 Å². The standard InChI is InChI=1S/C16H31N/c1-14(16-11-7-2-3-8-12-16)17-13-15-9-5-4-6-10-15/h14-17H,2-13H2,1H3/t14-/m1/s1. The maximum atomic E-state index is 3.85. The van der Waals surface area contributed by atoms with Crippen molar-refractivity contribution in [1.82, 2.24) is 5.32 Å². The molecule has 0 aromatic carbocycles. The Balaban J connectivity index is 1.66. The van der Waals surface area contributed by atoms with Crippen molar-refractivity contribution in [2.75, 3.05) is 6.54 Å². The lowest BCUT2D eigenvalue weighted by Crippen LogP contribution is -2.37. The highest BCUT2D eigenvalue weighted by Crippen LogP contribution is 2.27. The molecule has 2 rings (SSSR count). The third kappa shape index (κ3) is 4.62. The first-order chi connectivity index (χ1) is 8.36. The number of hydrogen-bond acceptors (Lipinski definition) is 1. The third-order valence-electron chi connectivity index (χ3n) is 5.06. The van der Waals surface area contributed by atoms with Gasteiger partial charge < -0.3 is 5.32 Å². The molecule has 17 heavy (non-hydrogen) atoms. The van der Waals surface area contributed by atoms with Gasteiger partial charge in [0.25, 0.3) is 0 Å². The Morgan fingerprint density at radius 3 is 2.00 bits per heavy atom. The molecular formula is C16H31N. The second-order valence-electron chi connectivity index (χ2n) is 6.45. The van der Waals surface area contributed by atoms with Gasteiger partial charge in [0.05, 0.1) is 0 Å². The Labute approximate surface area is 108 Å². The molecule has 1 N–H and O–H groups in total. The summed E-state index contributed by atoms with van der Waals surface area (Å²) in [5.41, 5.74) is 0. The number of nitrogens with one attached hydrogen (secondary N) is 1. The van der Waals surface area contributed by atoms with Crippen LogP contribution < -0.4 is 5.32 Å². The van der Waals surface area contributed by atoms with Crippen molar-refractivity contribution in [3.05, 3.63) is 0 Å². The van der Waals surface area contributed by atoms with Crippen LogP contribution in [0, 0.1) is 11.8 Å². The second-order valence-corrected chi connectivity index (χ2v) is 6.45. The van der Waals surface area contributed by atoms with Crippen molar-refractivity contribution >= 4 is 0 Å². The lowest BCUT2D eigenvalue weighted by Gasteiger charge is -2.28. The van der Waals surface area contributed by atoms with E-state index in [0.717, 1.165) is 17.9 Å². The lowest BCUT2D eigenvalue weighted by molar-refractivity contribution is 0.286. The zero-order valence-electron chi connectivity index (χ0n) is 11.7. The molecule has 0 amide bonds. The van der Waals surface area contributed by atoms with Crippen LogP contribution in [0.25, 0.3) is 0 Å². The van der Waals surface area contributed by atoms with E-state index in [9.17, 15) is 0 Å². The highest BCUT2D eigenvalue weighted by atomic mass is 14.9. The van der Waals surface area contributed by atoms with Crippen LogP contribution in [-0.4, -0.2) is 12.6 Å². The summed E-state index contributed by atoms with van der Waals surface area (Å²) in [7, 11) is 0. The normalized spacial score (nSPS) is 26.6. The number of hydrogen-bond donors (Lipinski definition) is 1. The summed E-state index contributed by atoms with van der Waals surface area (Å²) in [6, 6.07) is 0.759. The van der Waals surface area contributed by atoms with E-state index in [4.69, 9.17) is 0 Å². The molecule has 0 aromatic heterocycles. The van der Waals surface area contributed by atoms with E-state index in [1.807, 2.05) is 0 Å². The molecule has 1 atom stereocenters. The summed E-state index contributed by atoms with van der Waals surface area (Å²) in [5, 5.41) is 3.85. The highest BCUT2D eigenvalue weighted by Gasteiger charge is 2.20. The molecule has 100 valence electrons. The van der Waals surface area contributed by atoms with Gasteiger partial charge in [-0.15, -0.1) is 0 Å². The van der Waals surface area contributed by atoms with Crippen molar-refractivity contribution in [2.24, 2.45) is 11.8 Å². The zero-order chi connectivity index (χ0) is 11.9. The summed E-state index contributed by atoms with van der Waals surface area (Å²) in [6.45, 7) is 3.72. The van der Waals surface area contributed by atoms with Crippen molar-refractivity contribution in [3.63, 3.8) is 0 Å². The van der Waals surface area contributed by atoms with Gasteiger partial charge in [-0.3, -0.25) is 0 Å². The average Bonchev–Trinajstić information content (AvgIpc) is 2.66. The maximum absolute atomic E-state index is 3.85. The second kappa shape index (κ2) is 7.41. The fourth-order valence-corrected chi connectivity index (χ4v) is 3.72. The molecule has 0 aliphatic heterocycles. The first-order valence-corrected chi connectivity index (χ1v) is 8.09. The Morgan fingerprint density at radius 1 is 0.824 bits per heavy atom. The summed E-state index contributed by atoms with van der Waals surface area (Å²) in [4.78, 5) is 0. The zero-order valence-corrected chi connectivity index (χ0v) is 11.7. The first kappa shape index (κ1) is 13.4. The van der Waals surface area contributed by atoms with Gasteiger partial charge in [-0.1, -0.05) is 44.9 Å². The van der Waals surface area contributed by atoms with Crippen LogP contribution in [0.3, 0.4) is 0 Å². The summed E-state index contributed by atoms with van der Waals surface area (Å²) in [6.07, 6.45) is 16.2. The van der Waals surface area contributed by atoms with Crippen LogP contribution >= 0.6 is 0 Å². The minimum Gasteiger partial charge on any atom is -0.314 e. The van der Waals surface area contributed by atoms with E-state index in [-0.39, 0.29) is 0 Å². The van der Waals surface area contributed by atoms with Crippen molar-refractivity contribution < 1.29 is 0 Å². The lowest BCUT2D eigenvalue weighted by atomic mass is 9.88. The molecule has 0 radical (unpaired) electrons. The van der Waals surface area contributed by atoms with Gasteiger partial charge in [0.2, 0.25) is 0 Å². The molecule has 0 saturated heterocycles. The molecule has 0 unspecified atom stereocenters. The Morgan fingerprint density at radius 2 is 1.35 bits per heavy atom. The largest absolute Gasteiger partial charge is 0.314 e. The molecule has 1 nitrogen and oxygen atoms in total. The average molecular weight is 237 g/mol. The highest BCUT2D eigenvalue weighted by molar-refractivity contribution is 4.77. The quantitative estimate of drug-likeness (QED) is 0.709. The van der Waals surface area contributed by atoms with Crippen molar-refractivity contribution in [1.29, 1.82) is 0 Å². The fraction of sp³-hybridized carbons (Fsp3) is 1.00. The van der Waals surface area contributed by atoms with E-state index < -0.39 is 0 Å². The van der Waals surface area contributed by atoms with Crippen LogP contribution in [0.2, 0.25) is 0 Å². The van der Waals surface area contributed by atoms with E-state index >= 15 is 0 Å². The fourth-order valence-electron chi connectivity index (χ4n) is 3.72. The first-order valence-electron chi connectivity index (χ1n) is 8.09. The Kier molecular flexibility index (Phi) is 5.84. The van der Waals surface area contributed by atoms with Gasteiger partial charge in [0.15, 0.2) is 0 Å². The van der Waals surface area contributed by atoms with Gasteiger partial charge in [-0.2, -0.15) is 0 Å². The van der Waals surface area contributed by atoms with Gasteiger partial charge in [0, 0.05) is 6.04 Å². The topological polar surface area (TPSA) is 12.0 Å². The molecular weight excluding hydrogens is 206 g/mol. The molecule has 0 spiro atoms. The summed E-state index contributed by atoms with van der Waals surface area (Å²) >= 11 is 0. The molecule has 1 heteroatoms. The summed E-state index contributed by atoms with van der Waals surface area (Å²) in [5.74, 6) is 1.94. The molecule has 2 fully saturated rings. The molecule has 2 saturated carbocycles. The minimum atomic E-state index is 0.759. The molecule has 0 bridgehead atoms. The van der Waals surface area contributed by atoms with Gasteiger partial charge in [-0.05, 0) is 51.0 Å². The SMILES string of the molecule is C[C@@H](NCC1CCCCC1)C1CCCCCC1. The van der Waals surface area contributed by atoms with E-state index in [1.54, 1.807) is 0 Å². The van der Waals surface area contributed by atoms with Gasteiger partial charge in [0.1, 0.15) is 0 Å². The smallest absolute Gasteiger partial charge is 0.00671 e. The van der Waals surface area contributed by atoms with Gasteiger partial charge >= 0.3 is 0 Å². The molecule has 2 aliphatic carbocycles. The van der Waals surface area contributed by atoms with Crippen LogP contribution in [-0.2, 0) is 0 Å². The number of rotatable bonds is 4. The van der Waals surface area contributed by atoms with Crippen LogP contribution in [0.4, 0.5) is 0 Å². The van der Waals surface area contributed by atoms with Crippen molar-refractivity contribution in [3.8, 4) is 0 Å². The molecule has 0 aromatic rings. The van der Waals surface area contributed by atoms with Gasteiger partial charge in [-0.25, -0.2) is 0 Å².